The zero-order chi connectivity index (χ0) is 19.6. The standard InChI is InChI=1S/C19H17N3O4S/c1-12-16(18(23)26-2)17(14-10-6-7-11-15(14)22(24)25)20-19(27)21(12)13-8-4-3-5-9-13/h3-11,17H,1-2H3,(H,20,27)/t17-/m1/s1. The monoisotopic (exact) mass is 383 g/mol. The van der Waals surface area contributed by atoms with Gasteiger partial charge in [0.1, 0.15) is 0 Å². The number of nitro benzene ring substituents is 1. The third-order valence-electron chi connectivity index (χ3n) is 4.35. The molecule has 27 heavy (non-hydrogen) atoms. The number of esters is 1. The maximum Gasteiger partial charge on any atom is 0.337 e. The Hall–Kier alpha value is -3.26. The number of ether oxygens (including phenoxy) is 1. The van der Waals surface area contributed by atoms with Crippen molar-refractivity contribution in [1.29, 1.82) is 0 Å². The van der Waals surface area contributed by atoms with E-state index in [2.05, 4.69) is 5.32 Å². The van der Waals surface area contributed by atoms with E-state index in [1.807, 2.05) is 30.3 Å². The van der Waals surface area contributed by atoms with E-state index in [-0.39, 0.29) is 11.3 Å². The fraction of sp³-hybridized carbons (Fsp3) is 0.158. The van der Waals surface area contributed by atoms with Gasteiger partial charge in [0, 0.05) is 17.5 Å². The number of para-hydroxylation sites is 2. The normalized spacial score (nSPS) is 16.7. The fourth-order valence-corrected chi connectivity index (χ4v) is 3.50. The number of carbonyl (C=O) groups excluding carboxylic acids is 1. The molecule has 0 bridgehead atoms. The van der Waals surface area contributed by atoms with Gasteiger partial charge in [0.15, 0.2) is 5.11 Å². The van der Waals surface area contributed by atoms with Gasteiger partial charge in [-0.15, -0.1) is 0 Å². The molecule has 1 N–H and O–H groups in total. The van der Waals surface area contributed by atoms with Crippen LogP contribution in [0.15, 0.2) is 65.9 Å². The van der Waals surface area contributed by atoms with Crippen molar-refractivity contribution in [3.63, 3.8) is 0 Å². The predicted octanol–water partition coefficient (Wildman–Crippen LogP) is 3.48. The van der Waals surface area contributed by atoms with Gasteiger partial charge in [-0.25, -0.2) is 4.79 Å². The number of hydrogen-bond acceptors (Lipinski definition) is 5. The summed E-state index contributed by atoms with van der Waals surface area (Å²) >= 11 is 5.51. The molecule has 0 fully saturated rings. The molecule has 2 aromatic carbocycles. The Kier molecular flexibility index (Phi) is 5.18. The molecule has 0 aromatic heterocycles. The van der Waals surface area contributed by atoms with E-state index in [1.54, 1.807) is 30.0 Å². The minimum Gasteiger partial charge on any atom is -0.466 e. The highest BCUT2D eigenvalue weighted by atomic mass is 32.1. The van der Waals surface area contributed by atoms with E-state index in [1.165, 1.54) is 13.2 Å². The summed E-state index contributed by atoms with van der Waals surface area (Å²) in [6.07, 6.45) is 0. The Balaban J connectivity index is 2.20. The molecule has 0 amide bonds. The van der Waals surface area contributed by atoms with E-state index in [9.17, 15) is 14.9 Å². The lowest BCUT2D eigenvalue weighted by Gasteiger charge is -2.37. The summed E-state index contributed by atoms with van der Waals surface area (Å²) in [4.78, 5) is 25.3. The zero-order valence-electron chi connectivity index (χ0n) is 14.7. The molecule has 0 saturated heterocycles. The van der Waals surface area contributed by atoms with Crippen molar-refractivity contribution in [2.75, 3.05) is 12.0 Å². The number of allylic oxidation sites excluding steroid dienone is 1. The Morgan fingerprint density at radius 3 is 2.44 bits per heavy atom. The summed E-state index contributed by atoms with van der Waals surface area (Å²) in [7, 11) is 1.28. The highest BCUT2D eigenvalue weighted by molar-refractivity contribution is 7.80. The molecule has 1 aliphatic heterocycles. The Morgan fingerprint density at radius 2 is 1.81 bits per heavy atom. The molecule has 1 aliphatic rings. The first kappa shape index (κ1) is 18.5. The smallest absolute Gasteiger partial charge is 0.337 e. The minimum atomic E-state index is -0.786. The molecule has 8 heteroatoms. The zero-order valence-corrected chi connectivity index (χ0v) is 15.5. The van der Waals surface area contributed by atoms with Crippen molar-refractivity contribution in [3.8, 4) is 0 Å². The summed E-state index contributed by atoms with van der Waals surface area (Å²) in [6, 6.07) is 14.8. The van der Waals surface area contributed by atoms with Crippen LogP contribution in [0, 0.1) is 10.1 Å². The van der Waals surface area contributed by atoms with Gasteiger partial charge in [-0.3, -0.25) is 15.0 Å². The Morgan fingerprint density at radius 1 is 1.19 bits per heavy atom. The molecule has 0 unspecified atom stereocenters. The van der Waals surface area contributed by atoms with E-state index in [0.717, 1.165) is 5.69 Å². The van der Waals surface area contributed by atoms with Crippen LogP contribution < -0.4 is 10.2 Å². The molecule has 0 spiro atoms. The second-order valence-corrected chi connectivity index (χ2v) is 6.25. The van der Waals surface area contributed by atoms with Gasteiger partial charge in [0.2, 0.25) is 0 Å². The lowest BCUT2D eigenvalue weighted by Crippen LogP contribution is -2.48. The number of nitrogens with zero attached hydrogens (tertiary/aromatic N) is 2. The van der Waals surface area contributed by atoms with Gasteiger partial charge < -0.3 is 10.1 Å². The first-order valence-electron chi connectivity index (χ1n) is 8.13. The topological polar surface area (TPSA) is 84.7 Å². The van der Waals surface area contributed by atoms with E-state index in [4.69, 9.17) is 17.0 Å². The van der Waals surface area contributed by atoms with Crippen molar-refractivity contribution >= 4 is 34.7 Å². The Bertz CT molecular complexity index is 943. The van der Waals surface area contributed by atoms with Crippen LogP contribution in [-0.4, -0.2) is 23.1 Å². The van der Waals surface area contributed by atoms with Crippen LogP contribution in [0.4, 0.5) is 11.4 Å². The van der Waals surface area contributed by atoms with Gasteiger partial charge in [-0.2, -0.15) is 0 Å². The summed E-state index contributed by atoms with van der Waals surface area (Å²) in [5, 5.41) is 14.9. The third kappa shape index (κ3) is 3.39. The number of thiocarbonyl (C=S) groups is 1. The number of anilines is 1. The van der Waals surface area contributed by atoms with Crippen molar-refractivity contribution in [2.24, 2.45) is 0 Å². The highest BCUT2D eigenvalue weighted by Gasteiger charge is 2.37. The molecule has 0 saturated carbocycles. The quantitative estimate of drug-likeness (QED) is 0.374. The molecule has 1 atom stereocenters. The predicted molar refractivity (Wildman–Crippen MR) is 105 cm³/mol. The first-order chi connectivity index (χ1) is 13.0. The van der Waals surface area contributed by atoms with Crippen molar-refractivity contribution in [2.45, 2.75) is 13.0 Å². The summed E-state index contributed by atoms with van der Waals surface area (Å²) in [6.45, 7) is 1.74. The summed E-state index contributed by atoms with van der Waals surface area (Å²) in [5.41, 5.74) is 1.84. The van der Waals surface area contributed by atoms with Gasteiger partial charge in [0.05, 0.1) is 29.2 Å². The summed E-state index contributed by atoms with van der Waals surface area (Å²) in [5.74, 6) is -0.577. The van der Waals surface area contributed by atoms with Crippen LogP contribution in [0.1, 0.15) is 18.5 Å². The van der Waals surface area contributed by atoms with Gasteiger partial charge in [0.25, 0.3) is 5.69 Å². The van der Waals surface area contributed by atoms with E-state index in [0.29, 0.717) is 16.4 Å². The molecular weight excluding hydrogens is 366 g/mol. The van der Waals surface area contributed by atoms with Gasteiger partial charge in [-0.05, 0) is 37.3 Å². The molecule has 138 valence electrons. The van der Waals surface area contributed by atoms with Gasteiger partial charge >= 0.3 is 5.97 Å². The molecule has 1 heterocycles. The van der Waals surface area contributed by atoms with Crippen molar-refractivity contribution in [3.05, 3.63) is 81.5 Å². The number of carbonyl (C=O) groups is 1. The maximum atomic E-state index is 12.6. The average molecular weight is 383 g/mol. The molecule has 3 rings (SSSR count). The summed E-state index contributed by atoms with van der Waals surface area (Å²) < 4.78 is 4.96. The molecule has 0 aliphatic carbocycles. The molecular formula is C19H17N3O4S. The largest absolute Gasteiger partial charge is 0.466 e. The van der Waals surface area contributed by atoms with Crippen LogP contribution in [0.25, 0.3) is 0 Å². The van der Waals surface area contributed by atoms with Crippen LogP contribution in [0.5, 0.6) is 0 Å². The molecule has 2 aromatic rings. The number of methoxy groups -OCH3 is 1. The molecule has 7 nitrogen and oxygen atoms in total. The SMILES string of the molecule is COC(=O)C1=C(C)N(c2ccccc2)C(=S)N[C@@H]1c1ccccc1[N+](=O)[O-]. The second-order valence-electron chi connectivity index (χ2n) is 5.86. The maximum absolute atomic E-state index is 12.6. The number of nitro groups is 1. The third-order valence-corrected chi connectivity index (χ3v) is 4.65. The number of benzene rings is 2. The lowest BCUT2D eigenvalue weighted by atomic mass is 9.93. The molecule has 0 radical (unpaired) electrons. The fourth-order valence-electron chi connectivity index (χ4n) is 3.14. The number of nitrogens with one attached hydrogen (secondary N) is 1. The highest BCUT2D eigenvalue weighted by Crippen LogP contribution is 2.37. The van der Waals surface area contributed by atoms with Crippen molar-refractivity contribution in [1.82, 2.24) is 5.32 Å². The van der Waals surface area contributed by atoms with Crippen LogP contribution in [0.2, 0.25) is 0 Å². The minimum absolute atomic E-state index is 0.0971. The van der Waals surface area contributed by atoms with Crippen LogP contribution in [-0.2, 0) is 9.53 Å². The number of hydrogen-bond donors (Lipinski definition) is 1. The second kappa shape index (κ2) is 7.55. The van der Waals surface area contributed by atoms with Crippen molar-refractivity contribution < 1.29 is 14.5 Å². The average Bonchev–Trinajstić information content (AvgIpc) is 2.67. The van der Waals surface area contributed by atoms with Crippen LogP contribution >= 0.6 is 12.2 Å². The van der Waals surface area contributed by atoms with Gasteiger partial charge in [-0.1, -0.05) is 30.3 Å². The number of rotatable bonds is 4. The van der Waals surface area contributed by atoms with Crippen LogP contribution in [0.3, 0.4) is 0 Å². The van der Waals surface area contributed by atoms with E-state index < -0.39 is 16.9 Å². The first-order valence-corrected chi connectivity index (χ1v) is 8.54. The Labute approximate surface area is 161 Å². The van der Waals surface area contributed by atoms with E-state index >= 15 is 0 Å². The lowest BCUT2D eigenvalue weighted by molar-refractivity contribution is -0.385.